The largest absolute Gasteiger partial charge is 0.396 e. The molecule has 2 aromatic rings. The van der Waals surface area contributed by atoms with Crippen molar-refractivity contribution in [2.45, 2.75) is 25.8 Å². The first-order chi connectivity index (χ1) is 9.13. The van der Waals surface area contributed by atoms with E-state index in [1.807, 2.05) is 49.0 Å². The average molecular weight is 260 g/mol. The Morgan fingerprint density at radius 3 is 2.95 bits per heavy atom. The topological polar surface area (TPSA) is 54.3 Å². The maximum absolute atomic E-state index is 12.3. The third kappa shape index (κ3) is 2.96. The number of benzene rings is 1. The van der Waals surface area contributed by atoms with E-state index >= 15 is 0 Å². The zero-order valence-corrected chi connectivity index (χ0v) is 11.4. The third-order valence-corrected chi connectivity index (χ3v) is 3.35. The van der Waals surface area contributed by atoms with Crippen LogP contribution in [0.5, 0.6) is 0 Å². The predicted octanol–water partition coefficient (Wildman–Crippen LogP) is 2.07. The van der Waals surface area contributed by atoms with Gasteiger partial charge < -0.3 is 15.0 Å². The van der Waals surface area contributed by atoms with E-state index in [0.717, 1.165) is 17.3 Å². The number of hydrogen-bond acceptors (Lipinski definition) is 2. The molecule has 0 saturated heterocycles. The summed E-state index contributed by atoms with van der Waals surface area (Å²) in [5.41, 5.74) is 1.75. The van der Waals surface area contributed by atoms with Crippen LogP contribution in [0.15, 0.2) is 30.5 Å². The molecule has 0 spiro atoms. The fourth-order valence-corrected chi connectivity index (χ4v) is 2.27. The summed E-state index contributed by atoms with van der Waals surface area (Å²) in [7, 11) is 1.97. The first kappa shape index (κ1) is 13.6. The number of aliphatic hydroxyl groups is 1. The number of nitrogens with zero attached hydrogens (tertiary/aromatic N) is 1. The van der Waals surface area contributed by atoms with Gasteiger partial charge in [0.25, 0.3) is 5.91 Å². The highest BCUT2D eigenvalue weighted by atomic mass is 16.3. The lowest BCUT2D eigenvalue weighted by Crippen LogP contribution is -2.32. The molecule has 0 aliphatic carbocycles. The molecule has 2 rings (SSSR count). The molecule has 4 heteroatoms. The molecule has 2 N–H and O–H groups in total. The highest BCUT2D eigenvalue weighted by Crippen LogP contribution is 2.19. The van der Waals surface area contributed by atoms with Crippen LogP contribution in [-0.4, -0.2) is 28.2 Å². The van der Waals surface area contributed by atoms with Crippen LogP contribution in [-0.2, 0) is 7.05 Å². The molecule has 0 fully saturated rings. The Hall–Kier alpha value is -1.81. The van der Waals surface area contributed by atoms with E-state index in [9.17, 15) is 4.79 Å². The zero-order chi connectivity index (χ0) is 13.8. The van der Waals surface area contributed by atoms with Gasteiger partial charge in [0.2, 0.25) is 0 Å². The molecule has 1 unspecified atom stereocenters. The number of rotatable bonds is 5. The smallest absolute Gasteiger partial charge is 0.252 e. The number of aromatic nitrogens is 1. The van der Waals surface area contributed by atoms with Crippen LogP contribution in [0.25, 0.3) is 10.9 Å². The van der Waals surface area contributed by atoms with Crippen molar-refractivity contribution in [3.8, 4) is 0 Å². The molecule has 0 aliphatic heterocycles. The molecule has 102 valence electrons. The predicted molar refractivity (Wildman–Crippen MR) is 76.2 cm³/mol. The molecule has 1 amide bonds. The standard InChI is InChI=1S/C15H20N2O2/c1-11(5-4-10-18)16-15(19)13-6-3-7-14-12(13)8-9-17(14)2/h3,6-9,11,18H,4-5,10H2,1-2H3,(H,16,19). The molecule has 0 radical (unpaired) electrons. The summed E-state index contributed by atoms with van der Waals surface area (Å²) in [6, 6.07) is 7.77. The summed E-state index contributed by atoms with van der Waals surface area (Å²) in [5.74, 6) is -0.0535. The number of aliphatic hydroxyl groups excluding tert-OH is 1. The number of carbonyl (C=O) groups is 1. The van der Waals surface area contributed by atoms with Crippen LogP contribution in [0.1, 0.15) is 30.1 Å². The Kier molecular flexibility index (Phi) is 4.22. The second kappa shape index (κ2) is 5.89. The number of aryl methyl sites for hydroxylation is 1. The lowest BCUT2D eigenvalue weighted by molar-refractivity contribution is 0.0938. The van der Waals surface area contributed by atoms with Gasteiger partial charge in [-0.15, -0.1) is 0 Å². The van der Waals surface area contributed by atoms with Gasteiger partial charge in [0, 0.05) is 42.4 Å². The molecule has 0 bridgehead atoms. The maximum Gasteiger partial charge on any atom is 0.252 e. The molecule has 0 saturated carbocycles. The third-order valence-electron chi connectivity index (χ3n) is 3.35. The fraction of sp³-hybridized carbons (Fsp3) is 0.400. The Labute approximate surface area is 113 Å². The molecule has 0 aliphatic rings. The van der Waals surface area contributed by atoms with Crippen molar-refractivity contribution in [2.75, 3.05) is 6.61 Å². The SMILES string of the molecule is CC(CCCO)NC(=O)c1cccc2c1ccn2C. The fourth-order valence-electron chi connectivity index (χ4n) is 2.27. The van der Waals surface area contributed by atoms with Gasteiger partial charge in [0.05, 0.1) is 0 Å². The molecule has 4 nitrogen and oxygen atoms in total. The Morgan fingerprint density at radius 1 is 1.42 bits per heavy atom. The highest BCUT2D eigenvalue weighted by Gasteiger charge is 2.13. The van der Waals surface area contributed by atoms with Crippen LogP contribution in [0.4, 0.5) is 0 Å². The van der Waals surface area contributed by atoms with Crippen LogP contribution in [0, 0.1) is 0 Å². The van der Waals surface area contributed by atoms with E-state index in [2.05, 4.69) is 5.32 Å². The summed E-state index contributed by atoms with van der Waals surface area (Å²) < 4.78 is 2.00. The minimum atomic E-state index is -0.0535. The van der Waals surface area contributed by atoms with Crippen molar-refractivity contribution in [1.82, 2.24) is 9.88 Å². The molecule has 1 aromatic carbocycles. The van der Waals surface area contributed by atoms with Gasteiger partial charge >= 0.3 is 0 Å². The van der Waals surface area contributed by atoms with E-state index in [4.69, 9.17) is 5.11 Å². The Bertz CT molecular complexity index is 575. The van der Waals surface area contributed by atoms with E-state index in [-0.39, 0.29) is 18.6 Å². The molecule has 1 heterocycles. The second-order valence-electron chi connectivity index (χ2n) is 4.91. The number of amides is 1. The van der Waals surface area contributed by atoms with E-state index < -0.39 is 0 Å². The maximum atomic E-state index is 12.3. The minimum absolute atomic E-state index is 0.0535. The van der Waals surface area contributed by atoms with Crippen LogP contribution >= 0.6 is 0 Å². The summed E-state index contributed by atoms with van der Waals surface area (Å²) in [4.78, 5) is 12.3. The van der Waals surface area contributed by atoms with Crippen molar-refractivity contribution in [3.05, 3.63) is 36.0 Å². The molecular weight excluding hydrogens is 240 g/mol. The summed E-state index contributed by atoms with van der Waals surface area (Å²) in [6.07, 6.45) is 3.45. The van der Waals surface area contributed by atoms with Crippen LogP contribution in [0.3, 0.4) is 0 Å². The van der Waals surface area contributed by atoms with Crippen molar-refractivity contribution in [2.24, 2.45) is 7.05 Å². The summed E-state index contributed by atoms with van der Waals surface area (Å²) in [5, 5.41) is 12.7. The molecule has 19 heavy (non-hydrogen) atoms. The molecule has 1 aromatic heterocycles. The number of hydrogen-bond donors (Lipinski definition) is 2. The van der Waals surface area contributed by atoms with Gasteiger partial charge in [-0.1, -0.05) is 6.07 Å². The lowest BCUT2D eigenvalue weighted by Gasteiger charge is -2.13. The zero-order valence-electron chi connectivity index (χ0n) is 11.4. The van der Waals surface area contributed by atoms with Crippen molar-refractivity contribution in [1.29, 1.82) is 0 Å². The first-order valence-corrected chi connectivity index (χ1v) is 6.59. The highest BCUT2D eigenvalue weighted by molar-refractivity contribution is 6.06. The number of nitrogens with one attached hydrogen (secondary N) is 1. The van der Waals surface area contributed by atoms with Gasteiger partial charge in [0.15, 0.2) is 0 Å². The second-order valence-corrected chi connectivity index (χ2v) is 4.91. The van der Waals surface area contributed by atoms with Gasteiger partial charge in [0.1, 0.15) is 0 Å². The molecular formula is C15H20N2O2. The van der Waals surface area contributed by atoms with Gasteiger partial charge in [-0.2, -0.15) is 0 Å². The Balaban J connectivity index is 2.17. The number of fused-ring (bicyclic) bond motifs is 1. The van der Waals surface area contributed by atoms with Gasteiger partial charge in [-0.05, 0) is 38.0 Å². The summed E-state index contributed by atoms with van der Waals surface area (Å²) >= 11 is 0. The quantitative estimate of drug-likeness (QED) is 0.864. The van der Waals surface area contributed by atoms with Crippen LogP contribution < -0.4 is 5.32 Å². The minimum Gasteiger partial charge on any atom is -0.396 e. The Morgan fingerprint density at radius 2 is 2.21 bits per heavy atom. The monoisotopic (exact) mass is 260 g/mol. The van der Waals surface area contributed by atoms with Crippen molar-refractivity contribution in [3.63, 3.8) is 0 Å². The molecule has 1 atom stereocenters. The lowest BCUT2D eigenvalue weighted by atomic mass is 10.1. The van der Waals surface area contributed by atoms with Crippen molar-refractivity contribution < 1.29 is 9.90 Å². The first-order valence-electron chi connectivity index (χ1n) is 6.59. The van der Waals surface area contributed by atoms with Crippen molar-refractivity contribution >= 4 is 16.8 Å². The van der Waals surface area contributed by atoms with Gasteiger partial charge in [-0.25, -0.2) is 0 Å². The van der Waals surface area contributed by atoms with E-state index in [1.165, 1.54) is 0 Å². The number of carbonyl (C=O) groups excluding carboxylic acids is 1. The normalized spacial score (nSPS) is 12.6. The summed E-state index contributed by atoms with van der Waals surface area (Å²) in [6.45, 7) is 2.12. The van der Waals surface area contributed by atoms with E-state index in [1.54, 1.807) is 0 Å². The van der Waals surface area contributed by atoms with E-state index in [0.29, 0.717) is 12.0 Å². The average Bonchev–Trinajstić information content (AvgIpc) is 2.78. The van der Waals surface area contributed by atoms with Crippen LogP contribution in [0.2, 0.25) is 0 Å². The van der Waals surface area contributed by atoms with Gasteiger partial charge in [-0.3, -0.25) is 4.79 Å².